The molecule has 3 atom stereocenters. The molecule has 4 fully saturated rings. The monoisotopic (exact) mass is 530 g/mol. The number of piperidine rings is 1. The summed E-state index contributed by atoms with van der Waals surface area (Å²) in [5.74, 6) is -3.26. The number of hydrogen-bond acceptors (Lipinski definition) is 4. The van der Waals surface area contributed by atoms with E-state index in [-0.39, 0.29) is 73.6 Å². The second-order valence-corrected chi connectivity index (χ2v) is 12.1. The van der Waals surface area contributed by atoms with Crippen LogP contribution < -0.4 is 5.32 Å². The second kappa shape index (κ2) is 10.2. The Labute approximate surface area is 223 Å². The SMILES string of the molecule is CC(C)N1C(=O)N(C)C(=O)C12CC1CCC(C2)N1CC[C@H](NC(=O)C1CCC(F)(F)CC1)c1ccccc1. The quantitative estimate of drug-likeness (QED) is 0.518. The van der Waals surface area contributed by atoms with Crippen molar-refractivity contribution in [3.05, 3.63) is 35.9 Å². The van der Waals surface area contributed by atoms with Gasteiger partial charge in [-0.3, -0.25) is 19.4 Å². The van der Waals surface area contributed by atoms with Crippen LogP contribution in [0.15, 0.2) is 30.3 Å². The van der Waals surface area contributed by atoms with Crippen LogP contribution >= 0.6 is 0 Å². The van der Waals surface area contributed by atoms with E-state index in [0.717, 1.165) is 24.9 Å². The summed E-state index contributed by atoms with van der Waals surface area (Å²) in [4.78, 5) is 44.9. The summed E-state index contributed by atoms with van der Waals surface area (Å²) in [6, 6.07) is 9.76. The summed E-state index contributed by atoms with van der Waals surface area (Å²) in [5, 5.41) is 3.19. The summed E-state index contributed by atoms with van der Waals surface area (Å²) in [5.41, 5.74) is 0.241. The molecule has 0 radical (unpaired) electrons. The molecule has 3 heterocycles. The first-order valence-electron chi connectivity index (χ1n) is 14.1. The molecule has 7 nitrogen and oxygen atoms in total. The third-order valence-electron chi connectivity index (χ3n) is 9.37. The topological polar surface area (TPSA) is 73.0 Å². The highest BCUT2D eigenvalue weighted by Crippen LogP contribution is 2.48. The van der Waals surface area contributed by atoms with Crippen LogP contribution in [-0.2, 0) is 9.59 Å². The van der Waals surface area contributed by atoms with E-state index in [2.05, 4.69) is 10.2 Å². The number of hydrogen-bond donors (Lipinski definition) is 1. The number of carbonyl (C=O) groups is 3. The smallest absolute Gasteiger partial charge is 0.327 e. The lowest BCUT2D eigenvalue weighted by Crippen LogP contribution is -2.61. The zero-order chi connectivity index (χ0) is 27.2. The highest BCUT2D eigenvalue weighted by molar-refractivity contribution is 6.07. The number of benzene rings is 1. The van der Waals surface area contributed by atoms with Gasteiger partial charge in [0, 0.05) is 50.5 Å². The van der Waals surface area contributed by atoms with Gasteiger partial charge in [0.15, 0.2) is 0 Å². The molecule has 1 saturated carbocycles. The fraction of sp³-hybridized carbons (Fsp3) is 0.690. The van der Waals surface area contributed by atoms with Gasteiger partial charge in [0.1, 0.15) is 5.54 Å². The van der Waals surface area contributed by atoms with Crippen molar-refractivity contribution in [1.29, 1.82) is 0 Å². The van der Waals surface area contributed by atoms with Crippen LogP contribution in [0.25, 0.3) is 0 Å². The molecule has 5 rings (SSSR count). The van der Waals surface area contributed by atoms with Crippen molar-refractivity contribution in [2.24, 2.45) is 5.92 Å². The molecule has 1 aromatic carbocycles. The molecule has 9 heteroatoms. The highest BCUT2D eigenvalue weighted by atomic mass is 19.3. The molecule has 1 N–H and O–H groups in total. The fourth-order valence-electron chi connectivity index (χ4n) is 7.49. The summed E-state index contributed by atoms with van der Waals surface area (Å²) in [6.07, 6.45) is 3.90. The van der Waals surface area contributed by atoms with Gasteiger partial charge in [-0.2, -0.15) is 0 Å². The first kappa shape index (κ1) is 27.0. The number of imide groups is 1. The number of halogens is 2. The van der Waals surface area contributed by atoms with Crippen LogP contribution in [0, 0.1) is 5.92 Å². The van der Waals surface area contributed by atoms with Crippen LogP contribution in [0.4, 0.5) is 13.6 Å². The molecule has 3 saturated heterocycles. The molecule has 1 aliphatic carbocycles. The van der Waals surface area contributed by atoms with Crippen molar-refractivity contribution in [3.63, 3.8) is 0 Å². The average molecular weight is 531 g/mol. The third kappa shape index (κ3) is 4.82. The Morgan fingerprint density at radius 3 is 2.21 bits per heavy atom. The van der Waals surface area contributed by atoms with Crippen molar-refractivity contribution in [3.8, 4) is 0 Å². The molecule has 0 aromatic heterocycles. The minimum Gasteiger partial charge on any atom is -0.349 e. The Balaban J connectivity index is 1.28. The van der Waals surface area contributed by atoms with Crippen LogP contribution in [0.2, 0.25) is 0 Å². The Morgan fingerprint density at radius 2 is 1.63 bits per heavy atom. The predicted molar refractivity (Wildman–Crippen MR) is 139 cm³/mol. The van der Waals surface area contributed by atoms with Gasteiger partial charge in [-0.05, 0) is 64.4 Å². The van der Waals surface area contributed by atoms with Gasteiger partial charge in [-0.25, -0.2) is 13.6 Å². The molecule has 3 aliphatic heterocycles. The molecular formula is C29H40F2N4O3. The zero-order valence-corrected chi connectivity index (χ0v) is 22.7. The van der Waals surface area contributed by atoms with Crippen LogP contribution in [0.3, 0.4) is 0 Å². The molecule has 38 heavy (non-hydrogen) atoms. The van der Waals surface area contributed by atoms with E-state index in [9.17, 15) is 23.2 Å². The van der Waals surface area contributed by atoms with Gasteiger partial charge < -0.3 is 10.2 Å². The van der Waals surface area contributed by atoms with E-state index >= 15 is 0 Å². The maximum atomic E-state index is 13.6. The van der Waals surface area contributed by atoms with Crippen molar-refractivity contribution in [1.82, 2.24) is 20.0 Å². The average Bonchev–Trinajstić information content (AvgIpc) is 3.23. The number of rotatable bonds is 7. The predicted octanol–water partition coefficient (Wildman–Crippen LogP) is 4.73. The largest absolute Gasteiger partial charge is 0.349 e. The number of alkyl halides is 2. The van der Waals surface area contributed by atoms with Crippen LogP contribution in [0.5, 0.6) is 0 Å². The van der Waals surface area contributed by atoms with E-state index in [1.807, 2.05) is 44.2 Å². The molecule has 1 aromatic rings. The number of nitrogens with zero attached hydrogens (tertiary/aromatic N) is 3. The molecule has 208 valence electrons. The van der Waals surface area contributed by atoms with Crippen molar-refractivity contribution >= 4 is 17.8 Å². The lowest BCUT2D eigenvalue weighted by Gasteiger charge is -2.48. The maximum absolute atomic E-state index is 13.6. The number of urea groups is 1. The highest BCUT2D eigenvalue weighted by Gasteiger charge is 2.62. The number of amides is 4. The van der Waals surface area contributed by atoms with E-state index in [1.165, 1.54) is 4.90 Å². The maximum Gasteiger partial charge on any atom is 0.327 e. The molecule has 2 bridgehead atoms. The minimum atomic E-state index is -2.66. The van der Waals surface area contributed by atoms with Crippen LogP contribution in [0.1, 0.15) is 83.2 Å². The molecule has 2 unspecified atom stereocenters. The summed E-state index contributed by atoms with van der Waals surface area (Å²) in [7, 11) is 1.59. The Bertz CT molecular complexity index is 1040. The Morgan fingerprint density at radius 1 is 1.03 bits per heavy atom. The lowest BCUT2D eigenvalue weighted by atomic mass is 9.80. The first-order chi connectivity index (χ1) is 18.0. The molecule has 1 spiro atoms. The van der Waals surface area contributed by atoms with E-state index < -0.39 is 11.5 Å². The normalized spacial score (nSPS) is 30.5. The number of carbonyl (C=O) groups excluding carboxylic acids is 3. The third-order valence-corrected chi connectivity index (χ3v) is 9.37. The van der Waals surface area contributed by atoms with Gasteiger partial charge in [0.2, 0.25) is 11.8 Å². The van der Waals surface area contributed by atoms with Gasteiger partial charge >= 0.3 is 6.03 Å². The van der Waals surface area contributed by atoms with Gasteiger partial charge in [0.25, 0.3) is 5.91 Å². The number of likely N-dealkylation sites (N-methyl/N-ethyl adjacent to an activating group) is 1. The second-order valence-electron chi connectivity index (χ2n) is 12.1. The van der Waals surface area contributed by atoms with Gasteiger partial charge in [-0.1, -0.05) is 30.3 Å². The van der Waals surface area contributed by atoms with E-state index in [1.54, 1.807) is 11.9 Å². The Kier molecular flexibility index (Phi) is 7.26. The fourth-order valence-corrected chi connectivity index (χ4v) is 7.49. The minimum absolute atomic E-state index is 0.0558. The summed E-state index contributed by atoms with van der Waals surface area (Å²) < 4.78 is 27.3. The molecule has 4 amide bonds. The standard InChI is InChI=1S/C29H40F2N4O3/c1-19(2)35-27(38)33(3)26(37)28(35)17-22-9-10-23(18-28)34(22)16-13-24(20-7-5-4-6-8-20)32-25(36)21-11-14-29(30,31)15-12-21/h4-8,19,21-24H,9-18H2,1-3H3,(H,32,36)/t22?,23?,24-,28?/m0/s1. The number of fused-ring (bicyclic) bond motifs is 2. The number of nitrogens with one attached hydrogen (secondary N) is 1. The van der Waals surface area contributed by atoms with Gasteiger partial charge in [0.05, 0.1) is 6.04 Å². The zero-order valence-electron chi connectivity index (χ0n) is 22.7. The van der Waals surface area contributed by atoms with E-state index in [0.29, 0.717) is 19.3 Å². The van der Waals surface area contributed by atoms with Crippen molar-refractivity contribution < 1.29 is 23.2 Å². The molecule has 4 aliphatic rings. The lowest BCUT2D eigenvalue weighted by molar-refractivity contribution is -0.137. The first-order valence-corrected chi connectivity index (χ1v) is 14.1. The summed E-state index contributed by atoms with van der Waals surface area (Å²) in [6.45, 7) is 4.70. The molecular weight excluding hydrogens is 490 g/mol. The van der Waals surface area contributed by atoms with Crippen molar-refractivity contribution in [2.45, 2.75) is 107 Å². The van der Waals surface area contributed by atoms with E-state index in [4.69, 9.17) is 0 Å². The van der Waals surface area contributed by atoms with Crippen molar-refractivity contribution in [2.75, 3.05) is 13.6 Å². The van der Waals surface area contributed by atoms with Crippen LogP contribution in [-0.4, -0.2) is 75.7 Å². The Hall–Kier alpha value is -2.55. The summed E-state index contributed by atoms with van der Waals surface area (Å²) >= 11 is 0. The van der Waals surface area contributed by atoms with Gasteiger partial charge in [-0.15, -0.1) is 0 Å².